The van der Waals surface area contributed by atoms with E-state index in [1.165, 1.54) is 35.5 Å². The number of halogens is 2. The second-order valence-electron chi connectivity index (χ2n) is 6.76. The van der Waals surface area contributed by atoms with Gasteiger partial charge < -0.3 is 9.64 Å². The Kier molecular flexibility index (Phi) is 7.02. The van der Waals surface area contributed by atoms with Gasteiger partial charge in [0.15, 0.2) is 12.4 Å². The highest BCUT2D eigenvalue weighted by Gasteiger charge is 2.30. The summed E-state index contributed by atoms with van der Waals surface area (Å²) in [5.41, 5.74) is 0.449. The zero-order valence-electron chi connectivity index (χ0n) is 16.2. The van der Waals surface area contributed by atoms with Crippen LogP contribution in [0.3, 0.4) is 0 Å². The zero-order chi connectivity index (χ0) is 21.9. The molecule has 0 unspecified atom stereocenters. The Morgan fingerprint density at radius 2 is 1.53 bits per heavy atom. The first-order chi connectivity index (χ1) is 14.2. The fraction of sp³-hybridized carbons (Fsp3) is 0.300. The van der Waals surface area contributed by atoms with Crippen molar-refractivity contribution in [3.63, 3.8) is 0 Å². The Labute approximate surface area is 185 Å². The van der Waals surface area contributed by atoms with E-state index in [0.29, 0.717) is 21.4 Å². The van der Waals surface area contributed by atoms with Crippen LogP contribution in [0, 0.1) is 0 Å². The highest BCUT2D eigenvalue weighted by atomic mass is 35.5. The van der Waals surface area contributed by atoms with E-state index < -0.39 is 10.0 Å². The van der Waals surface area contributed by atoms with Crippen molar-refractivity contribution in [3.05, 3.63) is 58.1 Å². The van der Waals surface area contributed by atoms with Gasteiger partial charge in [0, 0.05) is 41.8 Å². The summed E-state index contributed by atoms with van der Waals surface area (Å²) in [6, 6.07) is 10.5. The van der Waals surface area contributed by atoms with Gasteiger partial charge in [0.05, 0.1) is 4.90 Å². The van der Waals surface area contributed by atoms with Gasteiger partial charge in [0.1, 0.15) is 5.75 Å². The summed E-state index contributed by atoms with van der Waals surface area (Å²) >= 11 is 11.8. The van der Waals surface area contributed by atoms with Crippen LogP contribution in [0.5, 0.6) is 5.75 Å². The minimum absolute atomic E-state index is 0.119. The second kappa shape index (κ2) is 9.34. The molecule has 0 bridgehead atoms. The molecule has 2 aromatic carbocycles. The maximum absolute atomic E-state index is 12.8. The van der Waals surface area contributed by atoms with E-state index in [4.69, 9.17) is 27.9 Å². The first-order valence-corrected chi connectivity index (χ1v) is 11.3. The summed E-state index contributed by atoms with van der Waals surface area (Å²) in [4.78, 5) is 25.4. The molecule has 0 saturated carbocycles. The number of carbonyl (C=O) groups excluding carboxylic acids is 2. The van der Waals surface area contributed by atoms with Gasteiger partial charge in [-0.3, -0.25) is 9.59 Å². The fourth-order valence-electron chi connectivity index (χ4n) is 3.04. The molecule has 0 aromatic heterocycles. The third kappa shape index (κ3) is 5.31. The minimum atomic E-state index is -3.69. The Bertz CT molecular complexity index is 1030. The van der Waals surface area contributed by atoms with Crippen LogP contribution >= 0.6 is 23.2 Å². The number of hydrogen-bond acceptors (Lipinski definition) is 5. The Hall–Kier alpha value is -2.13. The van der Waals surface area contributed by atoms with Crippen LogP contribution in [-0.4, -0.2) is 62.1 Å². The van der Waals surface area contributed by atoms with Crippen molar-refractivity contribution in [2.45, 2.75) is 11.8 Å². The van der Waals surface area contributed by atoms with Crippen molar-refractivity contribution in [1.29, 1.82) is 0 Å². The molecule has 0 N–H and O–H groups in total. The predicted octanol–water partition coefficient (Wildman–Crippen LogP) is 3.11. The van der Waals surface area contributed by atoms with Crippen LogP contribution < -0.4 is 4.74 Å². The molecule has 1 saturated heterocycles. The van der Waals surface area contributed by atoms with E-state index in [0.717, 1.165) is 0 Å². The molecule has 2 aromatic rings. The van der Waals surface area contributed by atoms with Crippen molar-refractivity contribution in [2.75, 3.05) is 32.8 Å². The van der Waals surface area contributed by atoms with Crippen LogP contribution in [0.25, 0.3) is 0 Å². The summed E-state index contributed by atoms with van der Waals surface area (Å²) < 4.78 is 32.4. The normalized spacial score (nSPS) is 15.1. The minimum Gasteiger partial charge on any atom is -0.484 e. The summed E-state index contributed by atoms with van der Waals surface area (Å²) in [6.07, 6.45) is 0. The lowest BCUT2D eigenvalue weighted by Crippen LogP contribution is -2.51. The number of nitrogens with zero attached hydrogens (tertiary/aromatic N) is 2. The summed E-state index contributed by atoms with van der Waals surface area (Å²) in [5, 5.41) is 0.806. The second-order valence-corrected chi connectivity index (χ2v) is 9.57. The van der Waals surface area contributed by atoms with Crippen LogP contribution in [0.1, 0.15) is 17.3 Å². The standard InChI is InChI=1S/C20H20Cl2N2O5S/c1-14(25)15-2-4-19(5-3-15)30(27,28)24-8-6-23(7-9-24)20(26)13-29-18-11-16(21)10-17(22)12-18/h2-5,10-12H,6-9,13H2,1H3. The summed E-state index contributed by atoms with van der Waals surface area (Å²) in [6.45, 7) is 2.07. The molecule has 1 aliphatic rings. The topological polar surface area (TPSA) is 84.0 Å². The predicted molar refractivity (Wildman–Crippen MR) is 114 cm³/mol. The molecule has 30 heavy (non-hydrogen) atoms. The highest BCUT2D eigenvalue weighted by Crippen LogP contribution is 2.24. The average Bonchev–Trinajstić information content (AvgIpc) is 2.71. The van der Waals surface area contributed by atoms with Crippen molar-refractivity contribution < 1.29 is 22.7 Å². The maximum Gasteiger partial charge on any atom is 0.260 e. The van der Waals surface area contributed by atoms with E-state index in [2.05, 4.69) is 0 Å². The number of benzene rings is 2. The number of ether oxygens (including phenoxy) is 1. The van der Waals surface area contributed by atoms with Gasteiger partial charge in [0.25, 0.3) is 5.91 Å². The number of piperazine rings is 1. The largest absolute Gasteiger partial charge is 0.484 e. The van der Waals surface area contributed by atoms with Crippen LogP contribution in [0.4, 0.5) is 0 Å². The molecule has 0 aliphatic carbocycles. The lowest BCUT2D eigenvalue weighted by Gasteiger charge is -2.34. The van der Waals surface area contributed by atoms with Crippen molar-refractivity contribution in [2.24, 2.45) is 0 Å². The average molecular weight is 471 g/mol. The molecule has 0 spiro atoms. The van der Waals surface area contributed by atoms with E-state index >= 15 is 0 Å². The maximum atomic E-state index is 12.8. The fourth-order valence-corrected chi connectivity index (χ4v) is 4.96. The SMILES string of the molecule is CC(=O)c1ccc(S(=O)(=O)N2CCN(C(=O)COc3cc(Cl)cc(Cl)c3)CC2)cc1. The first kappa shape index (κ1) is 22.6. The smallest absolute Gasteiger partial charge is 0.260 e. The number of rotatable bonds is 6. The summed E-state index contributed by atoms with van der Waals surface area (Å²) in [7, 11) is -3.69. The molecule has 1 heterocycles. The summed E-state index contributed by atoms with van der Waals surface area (Å²) in [5.74, 6) is -0.00151. The Balaban J connectivity index is 1.56. The number of hydrogen-bond donors (Lipinski definition) is 0. The molecule has 1 amide bonds. The lowest BCUT2D eigenvalue weighted by molar-refractivity contribution is -0.134. The van der Waals surface area contributed by atoms with Crippen LogP contribution in [0.2, 0.25) is 10.0 Å². The molecule has 0 atom stereocenters. The van der Waals surface area contributed by atoms with Gasteiger partial charge in [-0.2, -0.15) is 4.31 Å². The van der Waals surface area contributed by atoms with Gasteiger partial charge in [-0.05, 0) is 37.3 Å². The van der Waals surface area contributed by atoms with E-state index in [1.807, 2.05) is 0 Å². The lowest BCUT2D eigenvalue weighted by atomic mass is 10.2. The molecule has 7 nitrogen and oxygen atoms in total. The van der Waals surface area contributed by atoms with Gasteiger partial charge in [-0.1, -0.05) is 35.3 Å². The number of ketones is 1. The molecule has 1 fully saturated rings. The highest BCUT2D eigenvalue weighted by molar-refractivity contribution is 7.89. The number of carbonyl (C=O) groups is 2. The third-order valence-corrected chi connectivity index (χ3v) is 7.04. The van der Waals surface area contributed by atoms with E-state index in [-0.39, 0.29) is 49.4 Å². The van der Waals surface area contributed by atoms with Gasteiger partial charge in [0.2, 0.25) is 10.0 Å². The van der Waals surface area contributed by atoms with Crippen molar-refractivity contribution in [3.8, 4) is 5.75 Å². The molecule has 1 aliphatic heterocycles. The molecule has 0 radical (unpaired) electrons. The Morgan fingerprint density at radius 3 is 2.07 bits per heavy atom. The van der Waals surface area contributed by atoms with Crippen molar-refractivity contribution in [1.82, 2.24) is 9.21 Å². The molecule has 10 heteroatoms. The van der Waals surface area contributed by atoms with Gasteiger partial charge in [-0.25, -0.2) is 8.42 Å². The Morgan fingerprint density at radius 1 is 0.967 bits per heavy atom. The molecular weight excluding hydrogens is 451 g/mol. The van der Waals surface area contributed by atoms with Gasteiger partial charge >= 0.3 is 0 Å². The number of amides is 1. The zero-order valence-corrected chi connectivity index (χ0v) is 18.5. The van der Waals surface area contributed by atoms with E-state index in [9.17, 15) is 18.0 Å². The monoisotopic (exact) mass is 470 g/mol. The van der Waals surface area contributed by atoms with Crippen LogP contribution in [-0.2, 0) is 14.8 Å². The number of Topliss-reactive ketones (excluding diaryl/α,β-unsaturated/α-hetero) is 1. The molecule has 3 rings (SSSR count). The quantitative estimate of drug-likeness (QED) is 0.605. The molecule has 160 valence electrons. The van der Waals surface area contributed by atoms with Gasteiger partial charge in [-0.15, -0.1) is 0 Å². The van der Waals surface area contributed by atoms with E-state index in [1.54, 1.807) is 23.1 Å². The van der Waals surface area contributed by atoms with Crippen LogP contribution in [0.15, 0.2) is 47.4 Å². The molecular formula is C20H20Cl2N2O5S. The first-order valence-electron chi connectivity index (χ1n) is 9.14. The van der Waals surface area contributed by atoms with Crippen molar-refractivity contribution >= 4 is 44.9 Å². The third-order valence-electron chi connectivity index (χ3n) is 4.69. The number of sulfonamides is 1.